The largest absolute Gasteiger partial charge is 0.463 e. The Balaban J connectivity index is 4.35. The minimum absolute atomic E-state index is 0.0389. The third kappa shape index (κ3) is 11.1. The molecule has 0 saturated carbocycles. The number of nitrogens with one attached hydrogen (secondary N) is 1. The first-order valence-electron chi connectivity index (χ1n) is 8.40. The average molecular weight is 375 g/mol. The zero-order valence-electron chi connectivity index (χ0n) is 15.8. The van der Waals surface area contributed by atoms with Gasteiger partial charge in [-0.15, -0.1) is 0 Å². The molecule has 0 saturated heterocycles. The number of hydrogen-bond donors (Lipinski definition) is 1. The van der Waals surface area contributed by atoms with Gasteiger partial charge in [0.05, 0.1) is 32.1 Å². The summed E-state index contributed by atoms with van der Waals surface area (Å²) >= 11 is 0. The van der Waals surface area contributed by atoms with Crippen molar-refractivity contribution in [3.8, 4) is 6.07 Å². The van der Waals surface area contributed by atoms with Crippen molar-refractivity contribution in [2.24, 2.45) is 0 Å². The number of hydrogen-bond acceptors (Lipinski definition) is 7. The van der Waals surface area contributed by atoms with Crippen LogP contribution < -0.4 is 5.32 Å². The van der Waals surface area contributed by atoms with E-state index in [9.17, 15) is 9.59 Å². The number of nitrogens with zero attached hydrogens (tertiary/aromatic N) is 2. The van der Waals surface area contributed by atoms with E-state index in [4.69, 9.17) is 19.0 Å². The Labute approximate surface area is 151 Å². The first-order valence-corrected chi connectivity index (χ1v) is 9.53. The standard InChI is InChI=1S/C16H30N3O5P/c1-13(2)19(14(3)4)25(23-10-6-9-17)24-12-11-22-16(21)8-7-15(20)18-5/h13-14H,6-8,10-12H2,1-5H3,(H,18,20). The van der Waals surface area contributed by atoms with Crippen LogP contribution in [-0.4, -0.2) is 55.5 Å². The van der Waals surface area contributed by atoms with Gasteiger partial charge in [-0.3, -0.25) is 9.59 Å². The predicted octanol–water partition coefficient (Wildman–Crippen LogP) is 2.35. The molecule has 0 aromatic heterocycles. The van der Waals surface area contributed by atoms with Gasteiger partial charge in [0.2, 0.25) is 5.91 Å². The van der Waals surface area contributed by atoms with Gasteiger partial charge in [0, 0.05) is 25.6 Å². The first-order chi connectivity index (χ1) is 11.8. The predicted molar refractivity (Wildman–Crippen MR) is 95.4 cm³/mol. The topological polar surface area (TPSA) is 101 Å². The molecule has 0 aliphatic rings. The molecule has 0 bridgehead atoms. The van der Waals surface area contributed by atoms with E-state index in [-0.39, 0.29) is 44.0 Å². The molecule has 0 rings (SSSR count). The quantitative estimate of drug-likeness (QED) is 0.299. The van der Waals surface area contributed by atoms with Crippen molar-refractivity contribution >= 4 is 20.4 Å². The van der Waals surface area contributed by atoms with Crippen molar-refractivity contribution in [3.05, 3.63) is 0 Å². The zero-order chi connectivity index (χ0) is 19.2. The maximum Gasteiger partial charge on any atom is 0.306 e. The van der Waals surface area contributed by atoms with Crippen LogP contribution in [0.15, 0.2) is 0 Å². The number of carbonyl (C=O) groups is 2. The van der Waals surface area contributed by atoms with E-state index in [0.717, 1.165) is 0 Å². The monoisotopic (exact) mass is 375 g/mol. The van der Waals surface area contributed by atoms with Crippen LogP contribution in [0.1, 0.15) is 47.0 Å². The summed E-state index contributed by atoms with van der Waals surface area (Å²) in [4.78, 5) is 22.6. The lowest BCUT2D eigenvalue weighted by Gasteiger charge is -2.35. The molecule has 8 nitrogen and oxygen atoms in total. The molecule has 9 heteroatoms. The van der Waals surface area contributed by atoms with E-state index >= 15 is 0 Å². The van der Waals surface area contributed by atoms with Crippen LogP contribution in [0.3, 0.4) is 0 Å². The highest BCUT2D eigenvalue weighted by molar-refractivity contribution is 7.44. The number of carbonyl (C=O) groups excluding carboxylic acids is 2. The normalized spacial score (nSPS) is 12.3. The molecule has 1 unspecified atom stereocenters. The van der Waals surface area contributed by atoms with Gasteiger partial charge < -0.3 is 19.1 Å². The summed E-state index contributed by atoms with van der Waals surface area (Å²) in [7, 11) is 0.180. The van der Waals surface area contributed by atoms with Crippen molar-refractivity contribution in [2.45, 2.75) is 59.0 Å². The number of esters is 1. The SMILES string of the molecule is CNC(=O)CCC(=O)OCCOP(OCCC#N)N(C(C)C)C(C)C. The van der Waals surface area contributed by atoms with Gasteiger partial charge in [-0.2, -0.15) is 5.26 Å². The van der Waals surface area contributed by atoms with Crippen molar-refractivity contribution < 1.29 is 23.4 Å². The van der Waals surface area contributed by atoms with E-state index in [0.29, 0.717) is 13.0 Å². The van der Waals surface area contributed by atoms with Gasteiger partial charge in [-0.05, 0) is 27.7 Å². The summed E-state index contributed by atoms with van der Waals surface area (Å²) in [5, 5.41) is 11.1. The molecule has 0 aliphatic heterocycles. The molecule has 0 spiro atoms. The van der Waals surface area contributed by atoms with Gasteiger partial charge in [0.25, 0.3) is 8.53 Å². The van der Waals surface area contributed by atoms with Gasteiger partial charge in [0.1, 0.15) is 6.61 Å². The Morgan fingerprint density at radius 1 is 1.08 bits per heavy atom. The summed E-state index contributed by atoms with van der Waals surface area (Å²) in [5.74, 6) is -0.640. The zero-order valence-corrected chi connectivity index (χ0v) is 16.7. The first kappa shape index (κ1) is 23.7. The second-order valence-electron chi connectivity index (χ2n) is 5.77. The molecule has 0 heterocycles. The van der Waals surface area contributed by atoms with Crippen LogP contribution in [0.5, 0.6) is 0 Å². The third-order valence-electron chi connectivity index (χ3n) is 3.05. The summed E-state index contributed by atoms with van der Waals surface area (Å²) in [6.07, 6.45) is 0.437. The highest BCUT2D eigenvalue weighted by atomic mass is 31.2. The van der Waals surface area contributed by atoms with Crippen LogP contribution >= 0.6 is 8.53 Å². The number of nitriles is 1. The molecular weight excluding hydrogens is 345 g/mol. The third-order valence-corrected chi connectivity index (χ3v) is 5.15. The minimum atomic E-state index is -1.34. The molecule has 0 fully saturated rings. The van der Waals surface area contributed by atoms with E-state index < -0.39 is 14.5 Å². The smallest absolute Gasteiger partial charge is 0.306 e. The second-order valence-corrected chi connectivity index (χ2v) is 7.23. The molecule has 0 aliphatic carbocycles. The second kappa shape index (κ2) is 14.0. The van der Waals surface area contributed by atoms with E-state index in [2.05, 4.69) is 9.99 Å². The van der Waals surface area contributed by atoms with Gasteiger partial charge in [-0.25, -0.2) is 4.67 Å². The van der Waals surface area contributed by atoms with Gasteiger partial charge in [0.15, 0.2) is 0 Å². The number of ether oxygens (including phenoxy) is 1. The fraction of sp³-hybridized carbons (Fsp3) is 0.812. The van der Waals surface area contributed by atoms with Crippen molar-refractivity contribution in [1.29, 1.82) is 5.26 Å². The molecule has 1 N–H and O–H groups in total. The molecule has 1 amide bonds. The highest BCUT2D eigenvalue weighted by Crippen LogP contribution is 2.45. The Morgan fingerprint density at radius 2 is 1.68 bits per heavy atom. The van der Waals surface area contributed by atoms with E-state index in [1.807, 2.05) is 33.8 Å². The summed E-state index contributed by atoms with van der Waals surface area (Å²) in [6.45, 7) is 8.77. The molecule has 0 radical (unpaired) electrons. The lowest BCUT2D eigenvalue weighted by atomic mass is 10.3. The molecule has 0 aromatic rings. The van der Waals surface area contributed by atoms with Crippen molar-refractivity contribution in [3.63, 3.8) is 0 Å². The maximum absolute atomic E-state index is 11.5. The number of rotatable bonds is 13. The molecule has 144 valence electrons. The van der Waals surface area contributed by atoms with Crippen LogP contribution in [-0.2, 0) is 23.4 Å². The van der Waals surface area contributed by atoms with Crippen molar-refractivity contribution in [1.82, 2.24) is 9.99 Å². The summed E-state index contributed by atoms with van der Waals surface area (Å²) in [6, 6.07) is 2.46. The van der Waals surface area contributed by atoms with Crippen molar-refractivity contribution in [2.75, 3.05) is 26.9 Å². The molecule has 1 atom stereocenters. The Hall–Kier alpha value is -1.26. The van der Waals surface area contributed by atoms with E-state index in [1.54, 1.807) is 0 Å². The number of amides is 1. The minimum Gasteiger partial charge on any atom is -0.463 e. The average Bonchev–Trinajstić information content (AvgIpc) is 2.55. The Kier molecular flexibility index (Phi) is 13.3. The van der Waals surface area contributed by atoms with E-state index in [1.165, 1.54) is 7.05 Å². The Morgan fingerprint density at radius 3 is 2.20 bits per heavy atom. The van der Waals surface area contributed by atoms with Crippen LogP contribution in [0.25, 0.3) is 0 Å². The van der Waals surface area contributed by atoms with Crippen LogP contribution in [0, 0.1) is 11.3 Å². The lowest BCUT2D eigenvalue weighted by Crippen LogP contribution is -2.34. The molecule has 25 heavy (non-hydrogen) atoms. The van der Waals surface area contributed by atoms with Crippen LogP contribution in [0.4, 0.5) is 0 Å². The lowest BCUT2D eigenvalue weighted by molar-refractivity contribution is -0.145. The Bertz CT molecular complexity index is 432. The molecular formula is C16H30N3O5P. The fourth-order valence-electron chi connectivity index (χ4n) is 2.00. The van der Waals surface area contributed by atoms with Gasteiger partial charge in [-0.1, -0.05) is 0 Å². The maximum atomic E-state index is 11.5. The summed E-state index contributed by atoms with van der Waals surface area (Å²) in [5.41, 5.74) is 0. The summed E-state index contributed by atoms with van der Waals surface area (Å²) < 4.78 is 18.6. The highest BCUT2D eigenvalue weighted by Gasteiger charge is 2.27. The van der Waals surface area contributed by atoms with Gasteiger partial charge >= 0.3 is 5.97 Å². The van der Waals surface area contributed by atoms with Crippen LogP contribution in [0.2, 0.25) is 0 Å². The fourth-order valence-corrected chi connectivity index (χ4v) is 3.57. The molecule has 0 aromatic carbocycles.